The second kappa shape index (κ2) is 6.81. The molecule has 0 aliphatic rings. The van der Waals surface area contributed by atoms with Gasteiger partial charge in [-0.05, 0) is 26.1 Å². The third-order valence-corrected chi connectivity index (χ3v) is 3.07. The Morgan fingerprint density at radius 1 is 1.30 bits per heavy atom. The molecule has 1 N–H and O–H groups in total. The average molecular weight is 273 g/mol. The summed E-state index contributed by atoms with van der Waals surface area (Å²) in [6.45, 7) is 4.08. The van der Waals surface area contributed by atoms with Crippen LogP contribution in [-0.4, -0.2) is 52.5 Å². The molecular weight excluding hydrogens is 254 g/mol. The number of hydrogen-bond donors (Lipinski definition) is 1. The van der Waals surface area contributed by atoms with Crippen LogP contribution in [0.5, 0.6) is 0 Å². The number of carbonyl (C=O) groups is 1. The van der Waals surface area contributed by atoms with Crippen LogP contribution in [0.1, 0.15) is 17.3 Å². The molecule has 1 aromatic heterocycles. The summed E-state index contributed by atoms with van der Waals surface area (Å²) in [5, 5.41) is 11.3. The normalized spacial score (nSPS) is 10.5. The van der Waals surface area contributed by atoms with Crippen LogP contribution in [-0.2, 0) is 0 Å². The van der Waals surface area contributed by atoms with E-state index >= 15 is 0 Å². The van der Waals surface area contributed by atoms with E-state index in [9.17, 15) is 4.79 Å². The lowest BCUT2D eigenvalue weighted by Crippen LogP contribution is -2.36. The number of carbonyl (C=O) groups excluding carboxylic acids is 1. The molecule has 0 saturated carbocycles. The molecule has 2 rings (SSSR count). The lowest BCUT2D eigenvalue weighted by atomic mass is 10.1. The molecule has 20 heavy (non-hydrogen) atoms. The number of para-hydroxylation sites is 1. The number of nitrogens with zero attached hydrogens (tertiary/aromatic N) is 4. The number of benzene rings is 1. The quantitative estimate of drug-likeness (QED) is 0.851. The molecule has 1 aromatic carbocycles. The van der Waals surface area contributed by atoms with Crippen LogP contribution in [0.2, 0.25) is 0 Å². The molecular formula is C14H19N5O. The van der Waals surface area contributed by atoms with Crippen LogP contribution in [0, 0.1) is 0 Å². The van der Waals surface area contributed by atoms with Gasteiger partial charge in [-0.15, -0.1) is 0 Å². The molecule has 6 heteroatoms. The van der Waals surface area contributed by atoms with Gasteiger partial charge in [-0.25, -0.2) is 0 Å². The highest BCUT2D eigenvalue weighted by molar-refractivity contribution is 5.97. The smallest absolute Gasteiger partial charge is 0.256 e. The summed E-state index contributed by atoms with van der Waals surface area (Å²) >= 11 is 0. The molecule has 0 fully saturated rings. The predicted octanol–water partition coefficient (Wildman–Crippen LogP) is 0.949. The van der Waals surface area contributed by atoms with Crippen molar-refractivity contribution in [1.29, 1.82) is 0 Å². The first kappa shape index (κ1) is 14.2. The van der Waals surface area contributed by atoms with Crippen molar-refractivity contribution in [2.75, 3.05) is 26.7 Å². The maximum Gasteiger partial charge on any atom is 0.256 e. The molecule has 0 bridgehead atoms. The van der Waals surface area contributed by atoms with Crippen LogP contribution in [0.3, 0.4) is 0 Å². The van der Waals surface area contributed by atoms with Gasteiger partial charge in [0.25, 0.3) is 5.91 Å². The van der Waals surface area contributed by atoms with E-state index in [0.29, 0.717) is 24.3 Å². The van der Waals surface area contributed by atoms with Gasteiger partial charge in [0.2, 0.25) is 0 Å². The number of aromatic nitrogens is 3. The van der Waals surface area contributed by atoms with Crippen molar-refractivity contribution in [1.82, 2.24) is 25.2 Å². The van der Waals surface area contributed by atoms with E-state index in [1.54, 1.807) is 17.3 Å². The van der Waals surface area contributed by atoms with Gasteiger partial charge in [0, 0.05) is 19.6 Å². The highest BCUT2D eigenvalue weighted by Gasteiger charge is 2.18. The number of amides is 1. The molecule has 106 valence electrons. The Balaban J connectivity index is 2.30. The van der Waals surface area contributed by atoms with Crippen molar-refractivity contribution in [3.05, 3.63) is 42.2 Å². The second-order valence-electron chi connectivity index (χ2n) is 4.32. The molecule has 0 saturated heterocycles. The molecule has 1 heterocycles. The first-order valence-electron chi connectivity index (χ1n) is 6.67. The molecule has 6 nitrogen and oxygen atoms in total. The van der Waals surface area contributed by atoms with E-state index in [1.807, 2.05) is 38.2 Å². The minimum Gasteiger partial charge on any atom is -0.338 e. The highest BCUT2D eigenvalue weighted by atomic mass is 16.2. The Bertz CT molecular complexity index is 552. The summed E-state index contributed by atoms with van der Waals surface area (Å²) in [4.78, 5) is 15.9. The Labute approximate surface area is 118 Å². The maximum atomic E-state index is 12.6. The zero-order valence-electron chi connectivity index (χ0n) is 11.8. The highest BCUT2D eigenvalue weighted by Crippen LogP contribution is 2.14. The van der Waals surface area contributed by atoms with Crippen LogP contribution >= 0.6 is 0 Å². The summed E-state index contributed by atoms with van der Waals surface area (Å²) in [7, 11) is 1.87. The van der Waals surface area contributed by atoms with Crippen molar-refractivity contribution in [2.24, 2.45) is 0 Å². The largest absolute Gasteiger partial charge is 0.338 e. The Kier molecular flexibility index (Phi) is 4.84. The minimum absolute atomic E-state index is 0.00403. The zero-order valence-corrected chi connectivity index (χ0v) is 11.8. The number of hydrogen-bond acceptors (Lipinski definition) is 4. The Morgan fingerprint density at radius 3 is 2.65 bits per heavy atom. The first-order valence-corrected chi connectivity index (χ1v) is 6.67. The van der Waals surface area contributed by atoms with E-state index in [2.05, 4.69) is 15.5 Å². The van der Waals surface area contributed by atoms with Gasteiger partial charge in [-0.2, -0.15) is 15.0 Å². The fraction of sp³-hybridized carbons (Fsp3) is 0.357. The Hall–Kier alpha value is -2.21. The fourth-order valence-electron chi connectivity index (χ4n) is 1.99. The molecule has 2 aromatic rings. The maximum absolute atomic E-state index is 12.6. The van der Waals surface area contributed by atoms with E-state index < -0.39 is 0 Å². The lowest BCUT2D eigenvalue weighted by molar-refractivity contribution is 0.0766. The van der Waals surface area contributed by atoms with Crippen molar-refractivity contribution >= 4 is 5.91 Å². The van der Waals surface area contributed by atoms with E-state index in [4.69, 9.17) is 0 Å². The second-order valence-corrected chi connectivity index (χ2v) is 4.32. The summed E-state index contributed by atoms with van der Waals surface area (Å²) in [6.07, 6.45) is 3.19. The molecule has 0 aliphatic heterocycles. The van der Waals surface area contributed by atoms with Crippen LogP contribution in [0.4, 0.5) is 0 Å². The van der Waals surface area contributed by atoms with Gasteiger partial charge in [-0.3, -0.25) is 4.79 Å². The average Bonchev–Trinajstić information content (AvgIpc) is 3.02. The van der Waals surface area contributed by atoms with Gasteiger partial charge in [0.1, 0.15) is 0 Å². The summed E-state index contributed by atoms with van der Waals surface area (Å²) in [5.74, 6) is -0.00403. The van der Waals surface area contributed by atoms with Crippen LogP contribution in [0.15, 0.2) is 36.7 Å². The molecule has 0 radical (unpaired) electrons. The van der Waals surface area contributed by atoms with Crippen molar-refractivity contribution in [3.63, 3.8) is 0 Å². The topological polar surface area (TPSA) is 63.1 Å². The standard InChI is InChI=1S/C14H19N5O/c1-3-18(11-10-15-2)14(20)12-6-4-5-7-13(12)19-16-8-9-17-19/h4-9,15H,3,10-11H2,1-2H3. The monoisotopic (exact) mass is 273 g/mol. The van der Waals surface area contributed by atoms with Gasteiger partial charge in [0.15, 0.2) is 0 Å². The van der Waals surface area contributed by atoms with Crippen molar-refractivity contribution in [2.45, 2.75) is 6.92 Å². The van der Waals surface area contributed by atoms with Gasteiger partial charge in [0.05, 0.1) is 23.6 Å². The van der Waals surface area contributed by atoms with Crippen molar-refractivity contribution < 1.29 is 4.79 Å². The zero-order chi connectivity index (χ0) is 14.4. The van der Waals surface area contributed by atoms with Crippen LogP contribution in [0.25, 0.3) is 5.69 Å². The summed E-state index contributed by atoms with van der Waals surface area (Å²) < 4.78 is 0. The molecule has 1 amide bonds. The number of rotatable bonds is 6. The number of nitrogens with one attached hydrogen (secondary N) is 1. The third-order valence-electron chi connectivity index (χ3n) is 3.07. The minimum atomic E-state index is -0.00403. The summed E-state index contributed by atoms with van der Waals surface area (Å²) in [6, 6.07) is 7.38. The van der Waals surface area contributed by atoms with E-state index in [-0.39, 0.29) is 5.91 Å². The predicted molar refractivity (Wildman–Crippen MR) is 76.9 cm³/mol. The molecule has 0 spiro atoms. The van der Waals surface area contributed by atoms with Crippen LogP contribution < -0.4 is 5.32 Å². The van der Waals surface area contributed by atoms with Gasteiger partial charge >= 0.3 is 0 Å². The van der Waals surface area contributed by atoms with Gasteiger partial charge in [-0.1, -0.05) is 12.1 Å². The lowest BCUT2D eigenvalue weighted by Gasteiger charge is -2.21. The molecule has 0 aliphatic carbocycles. The fourth-order valence-corrected chi connectivity index (χ4v) is 1.99. The molecule has 0 unspecified atom stereocenters. The van der Waals surface area contributed by atoms with E-state index in [0.717, 1.165) is 6.54 Å². The van der Waals surface area contributed by atoms with E-state index in [1.165, 1.54) is 4.80 Å². The first-order chi connectivity index (χ1) is 9.77. The summed E-state index contributed by atoms with van der Waals surface area (Å²) in [5.41, 5.74) is 1.31. The van der Waals surface area contributed by atoms with Crippen molar-refractivity contribution in [3.8, 4) is 5.69 Å². The van der Waals surface area contributed by atoms with Gasteiger partial charge < -0.3 is 10.2 Å². The molecule has 0 atom stereocenters. The third kappa shape index (κ3) is 3.03. The Morgan fingerprint density at radius 2 is 2.00 bits per heavy atom. The number of likely N-dealkylation sites (N-methyl/N-ethyl adjacent to an activating group) is 2. The SMILES string of the molecule is CCN(CCNC)C(=O)c1ccccc1-n1nccn1.